The van der Waals surface area contributed by atoms with Gasteiger partial charge in [-0.3, -0.25) is 14.4 Å². The number of carbonyl (C=O) groups is 3. The van der Waals surface area contributed by atoms with Gasteiger partial charge in [0.15, 0.2) is 5.82 Å². The quantitative estimate of drug-likeness (QED) is 0.355. The fourth-order valence-electron chi connectivity index (χ4n) is 3.85. The van der Waals surface area contributed by atoms with E-state index in [9.17, 15) is 14.4 Å². The zero-order valence-electron chi connectivity index (χ0n) is 22.6. The standard InChI is InChI=1S/C29H36N4O5/c1-6-29(3,4)31-28(36)27(22-12-14-23(37-5)15-13-22)33(19-21-10-8-7-9-11-21)26(35)17-16-25(34)30-24-18-20(2)38-32-24/h7-15,18,27H,6,16-17,19H2,1-5H3,(H,31,36)(H,30,32,34)/t27-/m1/s1. The number of hydrogen-bond acceptors (Lipinski definition) is 6. The molecule has 3 amide bonds. The lowest BCUT2D eigenvalue weighted by atomic mass is 9.98. The molecule has 3 rings (SSSR count). The molecule has 1 aromatic heterocycles. The van der Waals surface area contributed by atoms with Gasteiger partial charge in [-0.15, -0.1) is 0 Å². The van der Waals surface area contributed by atoms with E-state index in [1.807, 2.05) is 51.1 Å². The summed E-state index contributed by atoms with van der Waals surface area (Å²) in [7, 11) is 1.57. The minimum absolute atomic E-state index is 0.0760. The third-order valence-corrected chi connectivity index (χ3v) is 6.31. The molecule has 2 aromatic carbocycles. The van der Waals surface area contributed by atoms with Crippen molar-refractivity contribution in [3.05, 3.63) is 77.6 Å². The SMILES string of the molecule is CCC(C)(C)NC(=O)[C@@H](c1ccc(OC)cc1)N(Cc1ccccc1)C(=O)CCC(=O)Nc1cc(C)on1. The molecular weight excluding hydrogens is 484 g/mol. The Kier molecular flexibility index (Phi) is 9.65. The normalized spacial score (nSPS) is 11.9. The molecule has 0 aliphatic heterocycles. The molecule has 0 spiro atoms. The summed E-state index contributed by atoms with van der Waals surface area (Å²) in [6.07, 6.45) is 0.544. The van der Waals surface area contributed by atoms with Crippen LogP contribution >= 0.6 is 0 Å². The highest BCUT2D eigenvalue weighted by molar-refractivity contribution is 5.94. The van der Waals surface area contributed by atoms with Gasteiger partial charge in [0.05, 0.1) is 7.11 Å². The first-order valence-electron chi connectivity index (χ1n) is 12.6. The van der Waals surface area contributed by atoms with Gasteiger partial charge in [-0.2, -0.15) is 0 Å². The van der Waals surface area contributed by atoms with E-state index in [4.69, 9.17) is 9.26 Å². The maximum absolute atomic E-state index is 13.8. The lowest BCUT2D eigenvalue weighted by Crippen LogP contribution is -2.50. The zero-order chi connectivity index (χ0) is 27.7. The number of carbonyl (C=O) groups excluding carboxylic acids is 3. The number of aryl methyl sites for hydroxylation is 1. The highest BCUT2D eigenvalue weighted by Crippen LogP contribution is 2.28. The van der Waals surface area contributed by atoms with E-state index in [-0.39, 0.29) is 37.1 Å². The van der Waals surface area contributed by atoms with E-state index in [1.54, 1.807) is 44.4 Å². The van der Waals surface area contributed by atoms with Crippen molar-refractivity contribution < 1.29 is 23.6 Å². The van der Waals surface area contributed by atoms with Gasteiger partial charge in [0.25, 0.3) is 0 Å². The minimum atomic E-state index is -0.916. The molecule has 202 valence electrons. The van der Waals surface area contributed by atoms with Crippen molar-refractivity contribution >= 4 is 23.5 Å². The molecule has 1 heterocycles. The van der Waals surface area contributed by atoms with Crippen LogP contribution in [0.2, 0.25) is 0 Å². The second-order valence-corrected chi connectivity index (χ2v) is 9.78. The number of ether oxygens (including phenoxy) is 1. The van der Waals surface area contributed by atoms with Crippen LogP contribution in [-0.4, -0.2) is 40.4 Å². The molecule has 2 N–H and O–H groups in total. The molecule has 0 saturated heterocycles. The van der Waals surface area contributed by atoms with Crippen LogP contribution in [0, 0.1) is 6.92 Å². The molecule has 3 aromatic rings. The van der Waals surface area contributed by atoms with Gasteiger partial charge in [-0.05, 0) is 50.5 Å². The summed E-state index contributed by atoms with van der Waals surface area (Å²) in [6.45, 7) is 7.79. The van der Waals surface area contributed by atoms with E-state index in [2.05, 4.69) is 15.8 Å². The largest absolute Gasteiger partial charge is 0.497 e. The summed E-state index contributed by atoms with van der Waals surface area (Å²) in [5, 5.41) is 9.48. The first-order valence-corrected chi connectivity index (χ1v) is 12.6. The van der Waals surface area contributed by atoms with Crippen LogP contribution < -0.4 is 15.4 Å². The van der Waals surface area contributed by atoms with Gasteiger partial charge in [0.1, 0.15) is 17.6 Å². The fraction of sp³-hybridized carbons (Fsp3) is 0.379. The smallest absolute Gasteiger partial charge is 0.247 e. The molecule has 38 heavy (non-hydrogen) atoms. The number of benzene rings is 2. The molecule has 0 radical (unpaired) electrons. The van der Waals surface area contributed by atoms with Crippen LogP contribution in [-0.2, 0) is 20.9 Å². The number of anilines is 1. The Hall–Kier alpha value is -4.14. The van der Waals surface area contributed by atoms with Gasteiger partial charge >= 0.3 is 0 Å². The second kappa shape index (κ2) is 12.9. The highest BCUT2D eigenvalue weighted by atomic mass is 16.5. The van der Waals surface area contributed by atoms with Gasteiger partial charge in [-0.1, -0.05) is 54.5 Å². The molecule has 0 fully saturated rings. The molecule has 0 aliphatic rings. The van der Waals surface area contributed by atoms with Crippen molar-refractivity contribution in [1.82, 2.24) is 15.4 Å². The Morgan fingerprint density at radius 2 is 1.74 bits per heavy atom. The monoisotopic (exact) mass is 520 g/mol. The van der Waals surface area contributed by atoms with Crippen molar-refractivity contribution in [3.8, 4) is 5.75 Å². The van der Waals surface area contributed by atoms with Crippen LogP contribution in [0.25, 0.3) is 0 Å². The predicted octanol–water partition coefficient (Wildman–Crippen LogP) is 4.79. The van der Waals surface area contributed by atoms with Crippen molar-refractivity contribution in [2.24, 2.45) is 0 Å². The van der Waals surface area contributed by atoms with Gasteiger partial charge < -0.3 is 24.8 Å². The Morgan fingerprint density at radius 3 is 2.32 bits per heavy atom. The number of amides is 3. The average molecular weight is 521 g/mol. The van der Waals surface area contributed by atoms with Crippen molar-refractivity contribution in [1.29, 1.82) is 0 Å². The summed E-state index contributed by atoms with van der Waals surface area (Å²) in [5.74, 6) is 0.498. The lowest BCUT2D eigenvalue weighted by Gasteiger charge is -2.35. The van der Waals surface area contributed by atoms with E-state index in [0.717, 1.165) is 5.56 Å². The first-order chi connectivity index (χ1) is 18.1. The maximum atomic E-state index is 13.8. The minimum Gasteiger partial charge on any atom is -0.497 e. The van der Waals surface area contributed by atoms with Crippen molar-refractivity contribution in [3.63, 3.8) is 0 Å². The lowest BCUT2D eigenvalue weighted by molar-refractivity contribution is -0.142. The number of aromatic nitrogens is 1. The van der Waals surface area contributed by atoms with Gasteiger partial charge in [0.2, 0.25) is 17.7 Å². The average Bonchev–Trinajstić information content (AvgIpc) is 3.31. The van der Waals surface area contributed by atoms with Crippen LogP contribution in [0.4, 0.5) is 5.82 Å². The van der Waals surface area contributed by atoms with Gasteiger partial charge in [-0.25, -0.2) is 0 Å². The third kappa shape index (κ3) is 7.93. The van der Waals surface area contributed by atoms with Crippen molar-refractivity contribution in [2.45, 2.75) is 65.1 Å². The summed E-state index contributed by atoms with van der Waals surface area (Å²) in [6, 6.07) is 17.2. The first kappa shape index (κ1) is 28.4. The van der Waals surface area contributed by atoms with Crippen LogP contribution in [0.1, 0.15) is 63.0 Å². The van der Waals surface area contributed by atoms with Crippen LogP contribution in [0.15, 0.2) is 65.2 Å². The molecule has 0 bridgehead atoms. The predicted molar refractivity (Wildman–Crippen MR) is 144 cm³/mol. The summed E-state index contributed by atoms with van der Waals surface area (Å²) in [4.78, 5) is 41.5. The molecule has 0 aliphatic carbocycles. The molecular formula is C29H36N4O5. The Balaban J connectivity index is 1.91. The number of hydrogen-bond donors (Lipinski definition) is 2. The number of methoxy groups -OCH3 is 1. The molecule has 0 saturated carbocycles. The van der Waals surface area contributed by atoms with Crippen molar-refractivity contribution in [2.75, 3.05) is 12.4 Å². The van der Waals surface area contributed by atoms with Gasteiger partial charge in [0, 0.05) is 31.0 Å². The second-order valence-electron chi connectivity index (χ2n) is 9.78. The molecule has 9 heteroatoms. The Labute approximate surface area is 223 Å². The molecule has 0 unspecified atom stereocenters. The summed E-state index contributed by atoms with van der Waals surface area (Å²) >= 11 is 0. The molecule has 9 nitrogen and oxygen atoms in total. The number of nitrogens with one attached hydrogen (secondary N) is 2. The fourth-order valence-corrected chi connectivity index (χ4v) is 3.85. The number of nitrogens with zero attached hydrogens (tertiary/aromatic N) is 2. The highest BCUT2D eigenvalue weighted by Gasteiger charge is 2.34. The van der Waals surface area contributed by atoms with Crippen LogP contribution in [0.3, 0.4) is 0 Å². The third-order valence-electron chi connectivity index (χ3n) is 6.31. The summed E-state index contributed by atoms with van der Waals surface area (Å²) < 4.78 is 10.3. The summed E-state index contributed by atoms with van der Waals surface area (Å²) in [5.41, 5.74) is 1.03. The van der Waals surface area contributed by atoms with E-state index >= 15 is 0 Å². The van der Waals surface area contributed by atoms with E-state index in [0.29, 0.717) is 29.3 Å². The Morgan fingerprint density at radius 1 is 1.05 bits per heavy atom. The number of rotatable bonds is 12. The van der Waals surface area contributed by atoms with E-state index < -0.39 is 11.6 Å². The van der Waals surface area contributed by atoms with E-state index in [1.165, 1.54) is 4.90 Å². The Bertz CT molecular complexity index is 1220. The topological polar surface area (TPSA) is 114 Å². The maximum Gasteiger partial charge on any atom is 0.247 e. The zero-order valence-corrected chi connectivity index (χ0v) is 22.6. The molecule has 1 atom stereocenters. The van der Waals surface area contributed by atoms with Crippen LogP contribution in [0.5, 0.6) is 5.75 Å².